The second-order valence-corrected chi connectivity index (χ2v) is 4.46. The van der Waals surface area contributed by atoms with Crippen LogP contribution in [0.1, 0.15) is 0 Å². The molecule has 0 spiro atoms. The molecule has 0 unspecified atom stereocenters. The van der Waals surface area contributed by atoms with Gasteiger partial charge in [0.05, 0.1) is 10.7 Å². The third-order valence-corrected chi connectivity index (χ3v) is 2.33. The van der Waals surface area contributed by atoms with Gasteiger partial charge in [-0.1, -0.05) is 0 Å². The monoisotopic (exact) mass is 329 g/mol. The Bertz CT molecular complexity index is 461. The van der Waals surface area contributed by atoms with Gasteiger partial charge in [-0.05, 0) is 37.9 Å². The van der Waals surface area contributed by atoms with Gasteiger partial charge in [-0.25, -0.2) is 9.97 Å². The Morgan fingerprint density at radius 2 is 1.67 bits per heavy atom. The molecule has 0 N–H and O–H groups in total. The van der Waals surface area contributed by atoms with E-state index in [4.69, 9.17) is 4.74 Å². The average molecular weight is 331 g/mol. The number of pyridine rings is 1. The molecule has 0 saturated heterocycles. The first kappa shape index (κ1) is 10.5. The highest BCUT2D eigenvalue weighted by Gasteiger charge is 2.00. The van der Waals surface area contributed by atoms with E-state index in [0.29, 0.717) is 5.75 Å². The van der Waals surface area contributed by atoms with Crippen molar-refractivity contribution in [2.45, 2.75) is 0 Å². The van der Waals surface area contributed by atoms with Crippen molar-refractivity contribution in [3.05, 3.63) is 39.8 Å². The van der Waals surface area contributed by atoms with Crippen molar-refractivity contribution >= 4 is 31.9 Å². The largest absolute Gasteiger partial charge is 0.423 e. The number of hydrogen-bond acceptors (Lipinski definition) is 4. The second-order valence-electron chi connectivity index (χ2n) is 2.62. The maximum atomic E-state index is 5.38. The fourth-order valence-corrected chi connectivity index (χ4v) is 1.46. The van der Waals surface area contributed by atoms with E-state index < -0.39 is 0 Å². The minimum atomic E-state index is 0.290. The Morgan fingerprint density at radius 3 is 2.33 bits per heavy atom. The van der Waals surface area contributed by atoms with Crippen LogP contribution in [0.15, 0.2) is 39.8 Å². The Kier molecular flexibility index (Phi) is 3.27. The summed E-state index contributed by atoms with van der Waals surface area (Å²) in [5.41, 5.74) is 0. The maximum Gasteiger partial charge on any atom is 0.321 e. The molecule has 0 aromatic carbocycles. The Labute approximate surface area is 103 Å². The number of hydrogen-bond donors (Lipinski definition) is 0. The van der Waals surface area contributed by atoms with Crippen molar-refractivity contribution in [1.29, 1.82) is 0 Å². The second kappa shape index (κ2) is 4.67. The molecule has 2 rings (SSSR count). The molecular formula is C9H5Br2N3O. The molecule has 0 amide bonds. The Morgan fingerprint density at radius 1 is 0.933 bits per heavy atom. The predicted molar refractivity (Wildman–Crippen MR) is 61.7 cm³/mol. The molecule has 2 aromatic rings. The van der Waals surface area contributed by atoms with E-state index in [1.165, 1.54) is 0 Å². The molecule has 0 aliphatic heterocycles. The molecule has 0 radical (unpaired) electrons. The smallest absolute Gasteiger partial charge is 0.321 e. The lowest BCUT2D eigenvalue weighted by Crippen LogP contribution is -1.91. The van der Waals surface area contributed by atoms with Gasteiger partial charge in [-0.15, -0.1) is 0 Å². The van der Waals surface area contributed by atoms with Crippen LogP contribution in [-0.4, -0.2) is 15.0 Å². The summed E-state index contributed by atoms with van der Waals surface area (Å²) in [5.74, 6) is 0.590. The zero-order chi connectivity index (χ0) is 10.7. The normalized spacial score (nSPS) is 10.0. The first-order chi connectivity index (χ1) is 7.24. The summed E-state index contributed by atoms with van der Waals surface area (Å²) in [5, 5.41) is 0. The van der Waals surface area contributed by atoms with Gasteiger partial charge in [-0.2, -0.15) is 0 Å². The molecule has 0 fully saturated rings. The highest BCUT2D eigenvalue weighted by molar-refractivity contribution is 9.10. The number of ether oxygens (including phenoxy) is 1. The standard InChI is InChI=1S/C9H5Br2N3O/c10-6-1-8(5-12-2-6)15-9-13-3-7(11)4-14-9/h1-5H. The van der Waals surface area contributed by atoms with E-state index >= 15 is 0 Å². The van der Waals surface area contributed by atoms with Crippen LogP contribution >= 0.6 is 31.9 Å². The van der Waals surface area contributed by atoms with Crippen molar-refractivity contribution in [1.82, 2.24) is 15.0 Å². The maximum absolute atomic E-state index is 5.38. The van der Waals surface area contributed by atoms with Crippen molar-refractivity contribution in [3.8, 4) is 11.8 Å². The lowest BCUT2D eigenvalue weighted by molar-refractivity contribution is 0.439. The molecule has 0 bridgehead atoms. The summed E-state index contributed by atoms with van der Waals surface area (Å²) < 4.78 is 7.03. The van der Waals surface area contributed by atoms with Crippen LogP contribution in [0.4, 0.5) is 0 Å². The van der Waals surface area contributed by atoms with Gasteiger partial charge in [0.1, 0.15) is 0 Å². The van der Waals surface area contributed by atoms with Gasteiger partial charge in [0.2, 0.25) is 0 Å². The molecule has 2 aromatic heterocycles. The van der Waals surface area contributed by atoms with E-state index in [9.17, 15) is 0 Å². The van der Waals surface area contributed by atoms with E-state index in [2.05, 4.69) is 46.8 Å². The molecule has 2 heterocycles. The minimum absolute atomic E-state index is 0.290. The van der Waals surface area contributed by atoms with Crippen molar-refractivity contribution in [2.24, 2.45) is 0 Å². The molecule has 15 heavy (non-hydrogen) atoms. The third-order valence-electron chi connectivity index (χ3n) is 1.49. The van der Waals surface area contributed by atoms with Gasteiger partial charge in [0, 0.05) is 23.1 Å². The van der Waals surface area contributed by atoms with Gasteiger partial charge in [-0.3, -0.25) is 4.98 Å². The number of aromatic nitrogens is 3. The highest BCUT2D eigenvalue weighted by atomic mass is 79.9. The van der Waals surface area contributed by atoms with Crippen LogP contribution in [-0.2, 0) is 0 Å². The number of rotatable bonds is 2. The summed E-state index contributed by atoms with van der Waals surface area (Å²) >= 11 is 6.54. The molecule has 4 nitrogen and oxygen atoms in total. The van der Waals surface area contributed by atoms with Crippen LogP contribution in [0.2, 0.25) is 0 Å². The average Bonchev–Trinajstić information content (AvgIpc) is 2.22. The Balaban J connectivity index is 2.18. The van der Waals surface area contributed by atoms with Gasteiger partial charge < -0.3 is 4.74 Å². The zero-order valence-electron chi connectivity index (χ0n) is 7.39. The van der Waals surface area contributed by atoms with E-state index in [-0.39, 0.29) is 6.01 Å². The van der Waals surface area contributed by atoms with E-state index in [0.717, 1.165) is 8.95 Å². The van der Waals surface area contributed by atoms with Gasteiger partial charge in [0.15, 0.2) is 5.75 Å². The highest BCUT2D eigenvalue weighted by Crippen LogP contribution is 2.20. The first-order valence-electron chi connectivity index (χ1n) is 4.00. The number of nitrogens with zero attached hydrogens (tertiary/aromatic N) is 3. The fraction of sp³-hybridized carbons (Fsp3) is 0. The molecular weight excluding hydrogens is 326 g/mol. The summed E-state index contributed by atoms with van der Waals surface area (Å²) in [7, 11) is 0. The van der Waals surface area contributed by atoms with Crippen LogP contribution < -0.4 is 4.74 Å². The lowest BCUT2D eigenvalue weighted by atomic mass is 10.5. The molecule has 6 heteroatoms. The summed E-state index contributed by atoms with van der Waals surface area (Å²) in [4.78, 5) is 11.9. The molecule has 0 saturated carbocycles. The van der Waals surface area contributed by atoms with Crippen LogP contribution in [0.5, 0.6) is 11.8 Å². The lowest BCUT2D eigenvalue weighted by Gasteiger charge is -2.02. The minimum Gasteiger partial charge on any atom is -0.423 e. The van der Waals surface area contributed by atoms with Crippen molar-refractivity contribution in [2.75, 3.05) is 0 Å². The van der Waals surface area contributed by atoms with Crippen LogP contribution in [0.3, 0.4) is 0 Å². The quantitative estimate of drug-likeness (QED) is 0.848. The third kappa shape index (κ3) is 2.97. The van der Waals surface area contributed by atoms with Crippen LogP contribution in [0, 0.1) is 0 Å². The van der Waals surface area contributed by atoms with Gasteiger partial charge >= 0.3 is 6.01 Å². The van der Waals surface area contributed by atoms with E-state index in [1.807, 2.05) is 0 Å². The van der Waals surface area contributed by atoms with Gasteiger partial charge in [0.25, 0.3) is 0 Å². The molecule has 76 valence electrons. The van der Waals surface area contributed by atoms with Crippen LogP contribution in [0.25, 0.3) is 0 Å². The SMILES string of the molecule is Brc1cnc(Oc2cncc(Br)c2)nc1. The first-order valence-corrected chi connectivity index (χ1v) is 5.58. The fourth-order valence-electron chi connectivity index (χ4n) is 0.907. The number of halogens is 2. The topological polar surface area (TPSA) is 47.9 Å². The van der Waals surface area contributed by atoms with E-state index in [1.54, 1.807) is 30.9 Å². The van der Waals surface area contributed by atoms with Crippen molar-refractivity contribution < 1.29 is 4.74 Å². The molecule has 0 aliphatic rings. The summed E-state index contributed by atoms with van der Waals surface area (Å²) in [6.45, 7) is 0. The summed E-state index contributed by atoms with van der Waals surface area (Å²) in [6, 6.07) is 2.08. The zero-order valence-corrected chi connectivity index (χ0v) is 10.6. The molecule has 0 atom stereocenters. The Hall–Kier alpha value is -1.01. The van der Waals surface area contributed by atoms with Crippen molar-refractivity contribution in [3.63, 3.8) is 0 Å². The summed E-state index contributed by atoms with van der Waals surface area (Å²) in [6.07, 6.45) is 6.51. The molecule has 0 aliphatic carbocycles. The predicted octanol–water partition coefficient (Wildman–Crippen LogP) is 3.19.